The van der Waals surface area contributed by atoms with E-state index in [0.717, 1.165) is 14.8 Å². The summed E-state index contributed by atoms with van der Waals surface area (Å²) in [5, 5.41) is 22.3. The second kappa shape index (κ2) is 10.4. The van der Waals surface area contributed by atoms with Crippen molar-refractivity contribution in [1.29, 1.82) is 5.41 Å². The Balaban J connectivity index is 1.85. The van der Waals surface area contributed by atoms with Crippen LogP contribution in [0.15, 0.2) is 39.9 Å². The van der Waals surface area contributed by atoms with Crippen LogP contribution in [0, 0.1) is 5.41 Å². The molecule has 3 aromatic rings. The summed E-state index contributed by atoms with van der Waals surface area (Å²) in [6.45, 7) is 4.84. The van der Waals surface area contributed by atoms with Crippen LogP contribution < -0.4 is 10.1 Å². The van der Waals surface area contributed by atoms with E-state index >= 15 is 0 Å². The summed E-state index contributed by atoms with van der Waals surface area (Å²) in [6, 6.07) is 8.96. The van der Waals surface area contributed by atoms with Gasteiger partial charge in [0.25, 0.3) is 0 Å². The summed E-state index contributed by atoms with van der Waals surface area (Å²) < 4.78 is 11.6. The number of aliphatic carboxylic acids is 1. The Hall–Kier alpha value is -2.89. The average Bonchev–Trinajstić information content (AvgIpc) is 3.38. The molecule has 0 spiro atoms. The zero-order valence-electron chi connectivity index (χ0n) is 18.4. The number of benzene rings is 1. The highest BCUT2D eigenvalue weighted by Crippen LogP contribution is 2.41. The lowest BCUT2D eigenvalue weighted by atomic mass is 10.1. The highest BCUT2D eigenvalue weighted by atomic mass is 32.2. The van der Waals surface area contributed by atoms with Gasteiger partial charge in [0.2, 0.25) is 0 Å². The minimum atomic E-state index is -1.05. The number of para-hydroxylation sites is 1. The first kappa shape index (κ1) is 24.7. The molecule has 0 aliphatic rings. The molecule has 0 bridgehead atoms. The number of hydrogen-bond donors (Lipinski definition) is 3. The minimum Gasteiger partial charge on any atom is -0.481 e. The largest absolute Gasteiger partial charge is 0.481 e. The van der Waals surface area contributed by atoms with Crippen molar-refractivity contribution in [2.45, 2.75) is 30.6 Å². The molecule has 0 fully saturated rings. The number of amides is 1. The number of carboxylic acids is 1. The Morgan fingerprint density at radius 2 is 1.97 bits per heavy atom. The van der Waals surface area contributed by atoms with Gasteiger partial charge in [0.15, 0.2) is 6.61 Å². The van der Waals surface area contributed by atoms with Crippen molar-refractivity contribution < 1.29 is 24.2 Å². The molecular formula is C22H23N3O5S3. The van der Waals surface area contributed by atoms with Gasteiger partial charge < -0.3 is 14.6 Å². The van der Waals surface area contributed by atoms with Gasteiger partial charge in [0, 0.05) is 16.5 Å². The van der Waals surface area contributed by atoms with Crippen LogP contribution in [0.4, 0.5) is 4.79 Å². The highest BCUT2D eigenvalue weighted by Gasteiger charge is 2.21. The van der Waals surface area contributed by atoms with E-state index in [1.807, 2.05) is 29.8 Å². The quantitative estimate of drug-likeness (QED) is 0.218. The zero-order valence-corrected chi connectivity index (χ0v) is 20.9. The molecule has 2 heterocycles. The van der Waals surface area contributed by atoms with Crippen molar-refractivity contribution in [2.75, 3.05) is 12.9 Å². The number of thiazole rings is 1. The number of carbonyl (C=O) groups excluding carboxylic acids is 1. The van der Waals surface area contributed by atoms with Gasteiger partial charge in [-0.3, -0.25) is 10.7 Å². The summed E-state index contributed by atoms with van der Waals surface area (Å²) >= 11 is 4.35. The molecule has 11 heteroatoms. The molecule has 0 unspecified atom stereocenters. The maximum Gasteiger partial charge on any atom is 0.413 e. The number of carbonyl (C=O) groups is 2. The second-order valence-electron chi connectivity index (χ2n) is 7.73. The number of thioether (sulfide) groups is 1. The molecule has 174 valence electrons. The third-order valence-corrected chi connectivity index (χ3v) is 7.17. The molecule has 8 nitrogen and oxygen atoms in total. The van der Waals surface area contributed by atoms with Gasteiger partial charge in [-0.25, -0.2) is 14.6 Å². The molecule has 3 rings (SSSR count). The second-order valence-corrected chi connectivity index (χ2v) is 10.7. The van der Waals surface area contributed by atoms with Crippen molar-refractivity contribution in [3.05, 3.63) is 40.6 Å². The molecule has 0 aliphatic carbocycles. The van der Waals surface area contributed by atoms with Crippen molar-refractivity contribution in [2.24, 2.45) is 0 Å². The summed E-state index contributed by atoms with van der Waals surface area (Å²) in [6.07, 6.45) is 1.26. The smallest absolute Gasteiger partial charge is 0.413 e. The first-order chi connectivity index (χ1) is 15.6. The fourth-order valence-electron chi connectivity index (χ4n) is 2.73. The van der Waals surface area contributed by atoms with Gasteiger partial charge >= 0.3 is 12.1 Å². The normalized spacial score (nSPS) is 11.2. The minimum absolute atomic E-state index is 0.0417. The third kappa shape index (κ3) is 6.56. The predicted octanol–water partition coefficient (Wildman–Crippen LogP) is 5.57. The summed E-state index contributed by atoms with van der Waals surface area (Å²) in [7, 11) is 0. The molecular weight excluding hydrogens is 482 g/mol. The van der Waals surface area contributed by atoms with Crippen molar-refractivity contribution in [3.63, 3.8) is 0 Å². The van der Waals surface area contributed by atoms with E-state index < -0.39 is 24.3 Å². The molecule has 33 heavy (non-hydrogen) atoms. The van der Waals surface area contributed by atoms with Crippen LogP contribution in [-0.2, 0) is 9.53 Å². The van der Waals surface area contributed by atoms with E-state index in [4.69, 9.17) is 25.0 Å². The number of hydrogen-bond acceptors (Lipinski definition) is 9. The number of thiophene rings is 1. The van der Waals surface area contributed by atoms with Crippen LogP contribution in [0.25, 0.3) is 21.8 Å². The van der Waals surface area contributed by atoms with E-state index in [0.29, 0.717) is 21.9 Å². The van der Waals surface area contributed by atoms with Gasteiger partial charge in [-0.1, -0.05) is 12.1 Å². The third-order valence-electron chi connectivity index (χ3n) is 4.00. The predicted molar refractivity (Wildman–Crippen MR) is 132 cm³/mol. The molecule has 0 saturated carbocycles. The number of rotatable bonds is 7. The molecule has 0 aliphatic heterocycles. The Kier molecular flexibility index (Phi) is 7.77. The fourth-order valence-corrected chi connectivity index (χ4v) is 5.47. The van der Waals surface area contributed by atoms with Crippen LogP contribution in [0.5, 0.6) is 5.75 Å². The SMILES string of the molecule is CSc1sc(C(=N)NC(=O)OC(C)(C)C)cc1-c1nc(-c2ccccc2OCC(=O)O)cs1. The van der Waals surface area contributed by atoms with E-state index in [9.17, 15) is 9.59 Å². The van der Waals surface area contributed by atoms with E-state index in [2.05, 4.69) is 5.32 Å². The number of ether oxygens (including phenoxy) is 2. The first-order valence-electron chi connectivity index (χ1n) is 9.74. The fraction of sp³-hybridized carbons (Fsp3) is 0.273. The van der Waals surface area contributed by atoms with Crippen molar-refractivity contribution in [1.82, 2.24) is 10.3 Å². The van der Waals surface area contributed by atoms with E-state index in [1.165, 1.54) is 34.4 Å². The van der Waals surface area contributed by atoms with Crippen molar-refractivity contribution in [3.8, 4) is 27.6 Å². The van der Waals surface area contributed by atoms with Crippen LogP contribution in [0.3, 0.4) is 0 Å². The molecule has 3 N–H and O–H groups in total. The van der Waals surface area contributed by atoms with Gasteiger partial charge in [-0.2, -0.15) is 0 Å². The maximum atomic E-state index is 12.0. The van der Waals surface area contributed by atoms with Crippen LogP contribution in [0.2, 0.25) is 0 Å². The Bertz CT molecular complexity index is 1180. The van der Waals surface area contributed by atoms with Gasteiger partial charge in [-0.05, 0) is 45.2 Å². The Morgan fingerprint density at radius 1 is 1.24 bits per heavy atom. The zero-order chi connectivity index (χ0) is 24.2. The van der Waals surface area contributed by atoms with Crippen LogP contribution >= 0.6 is 34.4 Å². The van der Waals surface area contributed by atoms with Gasteiger partial charge in [0.05, 0.1) is 14.8 Å². The number of amidine groups is 1. The van der Waals surface area contributed by atoms with Crippen LogP contribution in [0.1, 0.15) is 25.6 Å². The average molecular weight is 506 g/mol. The summed E-state index contributed by atoms with van der Waals surface area (Å²) in [4.78, 5) is 28.2. The number of aromatic nitrogens is 1. The number of nitrogens with one attached hydrogen (secondary N) is 2. The Morgan fingerprint density at radius 3 is 2.64 bits per heavy atom. The number of alkyl carbamates (subject to hydrolysis) is 1. The number of nitrogens with zero attached hydrogens (tertiary/aromatic N) is 1. The lowest BCUT2D eigenvalue weighted by molar-refractivity contribution is -0.139. The molecule has 2 aromatic heterocycles. The van der Waals surface area contributed by atoms with Crippen LogP contribution in [-0.4, -0.2) is 46.5 Å². The standard InChI is InChI=1S/C22H23N3O5S3/c1-22(2,3)30-21(28)25-18(23)16-9-13(20(31-4)33-16)19-24-14(11-32-19)12-7-5-6-8-15(12)29-10-17(26)27/h5-9,11H,10H2,1-4H3,(H,26,27)(H2,23,25,28). The topological polar surface area (TPSA) is 122 Å². The monoisotopic (exact) mass is 505 g/mol. The van der Waals surface area contributed by atoms with Gasteiger partial charge in [-0.15, -0.1) is 34.4 Å². The molecule has 0 saturated heterocycles. The van der Waals surface area contributed by atoms with E-state index in [-0.39, 0.29) is 5.84 Å². The van der Waals surface area contributed by atoms with Gasteiger partial charge in [0.1, 0.15) is 22.2 Å². The molecule has 1 aromatic carbocycles. The molecule has 0 radical (unpaired) electrons. The molecule has 1 amide bonds. The Labute approximate surface area is 203 Å². The molecule has 0 atom stereocenters. The van der Waals surface area contributed by atoms with Crippen molar-refractivity contribution >= 4 is 52.3 Å². The summed E-state index contributed by atoms with van der Waals surface area (Å²) in [5.74, 6) is -0.655. The lowest BCUT2D eigenvalue weighted by Crippen LogP contribution is -2.36. The number of carboxylic acid groups (broad SMARTS) is 1. The lowest BCUT2D eigenvalue weighted by Gasteiger charge is -2.19. The first-order valence-corrected chi connectivity index (χ1v) is 12.7. The maximum absolute atomic E-state index is 12.0. The van der Waals surface area contributed by atoms with E-state index in [1.54, 1.807) is 32.9 Å². The summed E-state index contributed by atoms with van der Waals surface area (Å²) in [5.41, 5.74) is 1.56. The highest BCUT2D eigenvalue weighted by molar-refractivity contribution is 8.00.